The molecular weight excluding hydrogens is 297 g/mol. The first-order chi connectivity index (χ1) is 9.22. The molecule has 2 aromatic rings. The third kappa shape index (κ3) is 3.14. The highest BCUT2D eigenvalue weighted by Crippen LogP contribution is 2.30. The van der Waals surface area contributed by atoms with Crippen molar-refractivity contribution in [2.45, 2.75) is 32.4 Å². The number of thiophene rings is 1. The molecule has 1 aliphatic rings. The fraction of sp³-hybridized carbons (Fsp3) is 0.333. The van der Waals surface area contributed by atoms with Crippen LogP contribution in [0.15, 0.2) is 24.3 Å². The molecule has 0 saturated heterocycles. The fourth-order valence-corrected chi connectivity index (χ4v) is 4.17. The van der Waals surface area contributed by atoms with Crippen LogP contribution < -0.4 is 5.32 Å². The van der Waals surface area contributed by atoms with Crippen molar-refractivity contribution in [2.24, 2.45) is 0 Å². The summed E-state index contributed by atoms with van der Waals surface area (Å²) in [4.78, 5) is 3.01. The van der Waals surface area contributed by atoms with Crippen molar-refractivity contribution >= 4 is 34.5 Å². The van der Waals surface area contributed by atoms with Gasteiger partial charge in [-0.25, -0.2) is 0 Å². The van der Waals surface area contributed by atoms with Crippen molar-refractivity contribution in [3.63, 3.8) is 0 Å². The number of hydrogen-bond donors (Lipinski definition) is 1. The standard InChI is InChI=1S/C15H15Cl2NS/c16-12-5-4-11(14(17)7-12)8-18-9-13-6-10-2-1-3-15(10)19-13/h4-7,18H,1-3,8-9H2. The van der Waals surface area contributed by atoms with Gasteiger partial charge in [-0.3, -0.25) is 0 Å². The summed E-state index contributed by atoms with van der Waals surface area (Å²) >= 11 is 14.0. The Labute approximate surface area is 127 Å². The van der Waals surface area contributed by atoms with E-state index in [0.717, 1.165) is 23.7 Å². The molecular formula is C15H15Cl2NS. The molecule has 0 radical (unpaired) electrons. The molecule has 1 aromatic carbocycles. The van der Waals surface area contributed by atoms with E-state index in [1.807, 2.05) is 23.5 Å². The van der Waals surface area contributed by atoms with E-state index in [-0.39, 0.29) is 0 Å². The average molecular weight is 312 g/mol. The van der Waals surface area contributed by atoms with E-state index >= 15 is 0 Å². The van der Waals surface area contributed by atoms with Crippen molar-refractivity contribution in [1.82, 2.24) is 5.32 Å². The van der Waals surface area contributed by atoms with E-state index in [4.69, 9.17) is 23.2 Å². The second-order valence-electron chi connectivity index (χ2n) is 4.85. The number of nitrogens with one attached hydrogen (secondary N) is 1. The zero-order valence-corrected chi connectivity index (χ0v) is 12.8. The first kappa shape index (κ1) is 13.4. The van der Waals surface area contributed by atoms with E-state index < -0.39 is 0 Å². The van der Waals surface area contributed by atoms with Crippen LogP contribution in [0.4, 0.5) is 0 Å². The van der Waals surface area contributed by atoms with E-state index in [0.29, 0.717) is 5.02 Å². The third-order valence-electron chi connectivity index (χ3n) is 3.43. The number of rotatable bonds is 4. The van der Waals surface area contributed by atoms with Gasteiger partial charge in [-0.15, -0.1) is 11.3 Å². The molecule has 0 unspecified atom stereocenters. The van der Waals surface area contributed by atoms with Crippen LogP contribution in [0.25, 0.3) is 0 Å². The second kappa shape index (κ2) is 5.84. The van der Waals surface area contributed by atoms with Gasteiger partial charge in [0.2, 0.25) is 0 Å². The summed E-state index contributed by atoms with van der Waals surface area (Å²) in [6.07, 6.45) is 3.85. The normalized spacial score (nSPS) is 13.8. The Morgan fingerprint density at radius 3 is 2.79 bits per heavy atom. The predicted molar refractivity (Wildman–Crippen MR) is 83.3 cm³/mol. The average Bonchev–Trinajstić information content (AvgIpc) is 2.92. The first-order valence-corrected chi connectivity index (χ1v) is 8.05. The van der Waals surface area contributed by atoms with Crippen LogP contribution in [0.2, 0.25) is 10.0 Å². The van der Waals surface area contributed by atoms with Gasteiger partial charge in [-0.2, -0.15) is 0 Å². The maximum absolute atomic E-state index is 6.15. The summed E-state index contributed by atoms with van der Waals surface area (Å²) in [7, 11) is 0. The lowest BCUT2D eigenvalue weighted by Crippen LogP contribution is -2.12. The first-order valence-electron chi connectivity index (χ1n) is 6.47. The smallest absolute Gasteiger partial charge is 0.0465 e. The molecule has 0 saturated carbocycles. The number of aryl methyl sites for hydroxylation is 2. The molecule has 4 heteroatoms. The van der Waals surface area contributed by atoms with Gasteiger partial charge < -0.3 is 5.32 Å². The maximum atomic E-state index is 6.15. The van der Waals surface area contributed by atoms with Gasteiger partial charge in [0, 0.05) is 32.9 Å². The number of benzene rings is 1. The second-order valence-corrected chi connectivity index (χ2v) is 6.92. The van der Waals surface area contributed by atoms with Crippen molar-refractivity contribution in [1.29, 1.82) is 0 Å². The zero-order chi connectivity index (χ0) is 13.2. The highest BCUT2D eigenvalue weighted by Gasteiger charge is 2.14. The van der Waals surface area contributed by atoms with Gasteiger partial charge in [0.1, 0.15) is 0 Å². The Morgan fingerprint density at radius 2 is 2.00 bits per heavy atom. The van der Waals surface area contributed by atoms with Crippen LogP contribution in [0.5, 0.6) is 0 Å². The monoisotopic (exact) mass is 311 g/mol. The van der Waals surface area contributed by atoms with Gasteiger partial charge in [0.15, 0.2) is 0 Å². The molecule has 1 aliphatic carbocycles. The van der Waals surface area contributed by atoms with Gasteiger partial charge in [-0.1, -0.05) is 29.3 Å². The van der Waals surface area contributed by atoms with Gasteiger partial charge in [0.25, 0.3) is 0 Å². The van der Waals surface area contributed by atoms with Gasteiger partial charge in [0.05, 0.1) is 0 Å². The lowest BCUT2D eigenvalue weighted by Gasteiger charge is -2.06. The molecule has 19 heavy (non-hydrogen) atoms. The topological polar surface area (TPSA) is 12.0 Å². The van der Waals surface area contributed by atoms with Crippen molar-refractivity contribution in [2.75, 3.05) is 0 Å². The molecule has 1 heterocycles. The quantitative estimate of drug-likeness (QED) is 0.852. The lowest BCUT2D eigenvalue weighted by atomic mass is 10.2. The highest BCUT2D eigenvalue weighted by atomic mass is 35.5. The molecule has 0 aliphatic heterocycles. The molecule has 0 spiro atoms. The molecule has 1 N–H and O–H groups in total. The van der Waals surface area contributed by atoms with Crippen molar-refractivity contribution in [3.05, 3.63) is 55.2 Å². The largest absolute Gasteiger partial charge is 0.308 e. The number of halogens is 2. The summed E-state index contributed by atoms with van der Waals surface area (Å²) in [5.41, 5.74) is 2.65. The Bertz CT molecular complexity index is 570. The Kier molecular flexibility index (Phi) is 4.13. The van der Waals surface area contributed by atoms with E-state index in [1.54, 1.807) is 16.5 Å². The number of fused-ring (bicyclic) bond motifs is 1. The molecule has 3 rings (SSSR count). The summed E-state index contributed by atoms with van der Waals surface area (Å²) < 4.78 is 0. The van der Waals surface area contributed by atoms with E-state index in [2.05, 4.69) is 11.4 Å². The van der Waals surface area contributed by atoms with Crippen LogP contribution in [0.1, 0.15) is 27.3 Å². The summed E-state index contributed by atoms with van der Waals surface area (Å²) in [6.45, 7) is 1.69. The minimum Gasteiger partial charge on any atom is -0.308 e. The number of hydrogen-bond acceptors (Lipinski definition) is 2. The molecule has 0 bridgehead atoms. The van der Waals surface area contributed by atoms with Gasteiger partial charge in [-0.05, 0) is 48.6 Å². The Hall–Kier alpha value is -0.540. The van der Waals surface area contributed by atoms with E-state index in [9.17, 15) is 0 Å². The lowest BCUT2D eigenvalue weighted by molar-refractivity contribution is 0.700. The molecule has 0 amide bonds. The van der Waals surface area contributed by atoms with Gasteiger partial charge >= 0.3 is 0 Å². The molecule has 0 fully saturated rings. The molecule has 0 atom stereocenters. The summed E-state index contributed by atoms with van der Waals surface area (Å²) in [5.74, 6) is 0. The Balaban J connectivity index is 1.57. The van der Waals surface area contributed by atoms with Crippen molar-refractivity contribution in [3.8, 4) is 0 Å². The van der Waals surface area contributed by atoms with Crippen LogP contribution in [0.3, 0.4) is 0 Å². The van der Waals surface area contributed by atoms with Crippen molar-refractivity contribution < 1.29 is 0 Å². The van der Waals surface area contributed by atoms with Crippen LogP contribution in [-0.2, 0) is 25.9 Å². The minimum absolute atomic E-state index is 0.684. The van der Waals surface area contributed by atoms with Crippen LogP contribution in [-0.4, -0.2) is 0 Å². The minimum atomic E-state index is 0.684. The molecule has 1 aromatic heterocycles. The Morgan fingerprint density at radius 1 is 1.11 bits per heavy atom. The van der Waals surface area contributed by atoms with Crippen LogP contribution >= 0.6 is 34.5 Å². The summed E-state index contributed by atoms with van der Waals surface area (Å²) in [6, 6.07) is 8.00. The predicted octanol–water partition coefficient (Wildman–Crippen LogP) is 4.83. The maximum Gasteiger partial charge on any atom is 0.0465 e. The molecule has 1 nitrogen and oxygen atoms in total. The highest BCUT2D eigenvalue weighted by molar-refractivity contribution is 7.12. The van der Waals surface area contributed by atoms with E-state index in [1.165, 1.54) is 24.1 Å². The SMILES string of the molecule is Clc1ccc(CNCc2cc3c(s2)CCC3)c(Cl)c1. The zero-order valence-electron chi connectivity index (χ0n) is 10.5. The fourth-order valence-electron chi connectivity index (χ4n) is 2.46. The third-order valence-corrected chi connectivity index (χ3v) is 5.25. The summed E-state index contributed by atoms with van der Waals surface area (Å²) in [5, 5.41) is 4.86. The molecule has 100 valence electrons. The van der Waals surface area contributed by atoms with Crippen LogP contribution in [0, 0.1) is 0 Å².